The van der Waals surface area contributed by atoms with Crippen molar-refractivity contribution in [3.63, 3.8) is 0 Å². The van der Waals surface area contributed by atoms with Crippen LogP contribution in [0.4, 0.5) is 4.79 Å². The van der Waals surface area contributed by atoms with Gasteiger partial charge in [0.05, 0.1) is 18.0 Å². The Bertz CT molecular complexity index is 871. The minimum absolute atomic E-state index is 0.0282. The normalized spacial score (nSPS) is 17.4. The lowest BCUT2D eigenvalue weighted by Crippen LogP contribution is -2.59. The van der Waals surface area contributed by atoms with Crippen LogP contribution in [0.2, 0.25) is 0 Å². The quantitative estimate of drug-likeness (QED) is 0.550. The molecule has 1 saturated heterocycles. The van der Waals surface area contributed by atoms with Crippen molar-refractivity contribution in [2.75, 3.05) is 32.8 Å². The molecule has 1 amide bonds. The third-order valence-electron chi connectivity index (χ3n) is 4.08. The van der Waals surface area contributed by atoms with Crippen LogP contribution in [0.3, 0.4) is 0 Å². The summed E-state index contributed by atoms with van der Waals surface area (Å²) in [7, 11) is -4.04. The third kappa shape index (κ3) is 4.94. The van der Waals surface area contributed by atoms with Gasteiger partial charge in [-0.05, 0) is 38.1 Å². The standard InChI is InChI=1S/C18H22N2O7S/c1-3-5-12-27-14-6-8-15(9-7-14)28(24,25)20-11-10-19(18(22)23)13-16(20)17(21)26-4-2/h6-9,16H,4,10-13H2,1-2H3,(H,22,23). The fourth-order valence-corrected chi connectivity index (χ4v) is 4.25. The topological polar surface area (TPSA) is 113 Å². The largest absolute Gasteiger partial charge is 0.481 e. The van der Waals surface area contributed by atoms with Crippen LogP contribution in [-0.4, -0.2) is 73.7 Å². The van der Waals surface area contributed by atoms with Crippen molar-refractivity contribution in [2.45, 2.75) is 24.8 Å². The summed E-state index contributed by atoms with van der Waals surface area (Å²) < 4.78 is 37.4. The Morgan fingerprint density at radius 1 is 1.25 bits per heavy atom. The van der Waals surface area contributed by atoms with E-state index in [0.717, 1.165) is 9.21 Å². The van der Waals surface area contributed by atoms with Crippen molar-refractivity contribution >= 4 is 22.1 Å². The summed E-state index contributed by atoms with van der Waals surface area (Å²) in [6.07, 6.45) is -1.22. The fraction of sp³-hybridized carbons (Fsp3) is 0.444. The van der Waals surface area contributed by atoms with E-state index in [9.17, 15) is 23.1 Å². The van der Waals surface area contributed by atoms with Crippen molar-refractivity contribution in [3.8, 4) is 17.6 Å². The first-order chi connectivity index (χ1) is 13.3. The van der Waals surface area contributed by atoms with E-state index in [4.69, 9.17) is 9.47 Å². The van der Waals surface area contributed by atoms with E-state index in [-0.39, 0.29) is 37.7 Å². The van der Waals surface area contributed by atoms with Crippen LogP contribution in [0.5, 0.6) is 5.75 Å². The number of amides is 1. The second-order valence-electron chi connectivity index (χ2n) is 5.80. The Balaban J connectivity index is 2.26. The molecule has 1 aromatic rings. The van der Waals surface area contributed by atoms with Crippen LogP contribution in [0, 0.1) is 11.8 Å². The Kier molecular flexibility index (Phi) is 7.25. The van der Waals surface area contributed by atoms with E-state index in [1.54, 1.807) is 13.8 Å². The highest BCUT2D eigenvalue weighted by Crippen LogP contribution is 2.24. The van der Waals surface area contributed by atoms with Crippen molar-refractivity contribution in [2.24, 2.45) is 0 Å². The molecule has 0 saturated carbocycles. The molecule has 9 nitrogen and oxygen atoms in total. The van der Waals surface area contributed by atoms with E-state index in [0.29, 0.717) is 5.75 Å². The SMILES string of the molecule is CC#CCOc1ccc(S(=O)(=O)N2CCN(C(=O)O)CC2C(=O)OCC)cc1. The highest BCUT2D eigenvalue weighted by Gasteiger charge is 2.42. The van der Waals surface area contributed by atoms with Gasteiger partial charge in [0.2, 0.25) is 10.0 Å². The molecular weight excluding hydrogens is 388 g/mol. The first kappa shape index (κ1) is 21.5. The number of esters is 1. The molecule has 10 heteroatoms. The Hall–Kier alpha value is -2.77. The minimum atomic E-state index is -4.04. The molecule has 1 N–H and O–H groups in total. The van der Waals surface area contributed by atoms with Crippen LogP contribution in [0.1, 0.15) is 13.8 Å². The first-order valence-corrected chi connectivity index (χ1v) is 10.0. The second kappa shape index (κ2) is 9.43. The fourth-order valence-electron chi connectivity index (χ4n) is 2.69. The Morgan fingerprint density at radius 2 is 1.93 bits per heavy atom. The number of carbonyl (C=O) groups excluding carboxylic acids is 1. The average Bonchev–Trinajstić information content (AvgIpc) is 2.68. The number of ether oxygens (including phenoxy) is 2. The zero-order valence-electron chi connectivity index (χ0n) is 15.6. The number of sulfonamides is 1. The lowest BCUT2D eigenvalue weighted by atomic mass is 10.2. The van der Waals surface area contributed by atoms with Gasteiger partial charge >= 0.3 is 12.1 Å². The molecule has 1 aliphatic heterocycles. The predicted molar refractivity (Wildman–Crippen MR) is 99.3 cm³/mol. The molecule has 2 rings (SSSR count). The van der Waals surface area contributed by atoms with Crippen molar-refractivity contribution in [1.29, 1.82) is 0 Å². The van der Waals surface area contributed by atoms with Crippen LogP contribution in [0.15, 0.2) is 29.2 Å². The summed E-state index contributed by atoms with van der Waals surface area (Å²) in [5.74, 6) is 5.10. The van der Waals surface area contributed by atoms with Crippen LogP contribution in [0.25, 0.3) is 0 Å². The molecule has 152 valence electrons. The monoisotopic (exact) mass is 410 g/mol. The molecule has 1 aromatic carbocycles. The van der Waals surface area contributed by atoms with Gasteiger partial charge in [-0.25, -0.2) is 13.2 Å². The smallest absolute Gasteiger partial charge is 0.407 e. The summed E-state index contributed by atoms with van der Waals surface area (Å²) in [4.78, 5) is 24.5. The van der Waals surface area contributed by atoms with E-state index < -0.39 is 28.1 Å². The molecule has 1 unspecified atom stereocenters. The first-order valence-electron chi connectivity index (χ1n) is 8.60. The lowest BCUT2D eigenvalue weighted by molar-refractivity contribution is -0.149. The molecule has 28 heavy (non-hydrogen) atoms. The maximum absolute atomic E-state index is 13.0. The van der Waals surface area contributed by atoms with Crippen molar-refractivity contribution < 1.29 is 32.6 Å². The summed E-state index contributed by atoms with van der Waals surface area (Å²) in [5.41, 5.74) is 0. The zero-order valence-corrected chi connectivity index (χ0v) is 16.4. The van der Waals surface area contributed by atoms with Gasteiger partial charge in [-0.1, -0.05) is 5.92 Å². The number of carbonyl (C=O) groups is 2. The number of piperazine rings is 1. The summed E-state index contributed by atoms with van der Waals surface area (Å²) in [6.45, 7) is 3.04. The van der Waals surface area contributed by atoms with E-state index in [1.807, 2.05) is 0 Å². The number of nitrogens with zero attached hydrogens (tertiary/aromatic N) is 2. The predicted octanol–water partition coefficient (Wildman–Crippen LogP) is 1.00. The van der Waals surface area contributed by atoms with Gasteiger partial charge in [0.15, 0.2) is 0 Å². The summed E-state index contributed by atoms with van der Waals surface area (Å²) >= 11 is 0. The molecule has 0 bridgehead atoms. The van der Waals surface area contributed by atoms with Gasteiger partial charge in [-0.2, -0.15) is 4.31 Å². The van der Waals surface area contributed by atoms with Gasteiger partial charge in [0, 0.05) is 13.1 Å². The summed E-state index contributed by atoms with van der Waals surface area (Å²) in [5, 5.41) is 9.18. The lowest BCUT2D eigenvalue weighted by Gasteiger charge is -2.37. The maximum Gasteiger partial charge on any atom is 0.407 e. The van der Waals surface area contributed by atoms with Gasteiger partial charge in [0.25, 0.3) is 0 Å². The van der Waals surface area contributed by atoms with Crippen molar-refractivity contribution in [3.05, 3.63) is 24.3 Å². The molecule has 0 aliphatic carbocycles. The van der Waals surface area contributed by atoms with E-state index in [1.165, 1.54) is 24.3 Å². The molecule has 0 radical (unpaired) electrons. The highest BCUT2D eigenvalue weighted by molar-refractivity contribution is 7.89. The van der Waals surface area contributed by atoms with Crippen LogP contribution < -0.4 is 4.74 Å². The molecule has 1 aliphatic rings. The molecule has 1 atom stereocenters. The van der Waals surface area contributed by atoms with Gasteiger partial charge in [-0.15, -0.1) is 5.92 Å². The number of hydrogen-bond acceptors (Lipinski definition) is 6. The number of carboxylic acid groups (broad SMARTS) is 1. The highest BCUT2D eigenvalue weighted by atomic mass is 32.2. The Morgan fingerprint density at radius 3 is 2.50 bits per heavy atom. The third-order valence-corrected chi connectivity index (χ3v) is 6.00. The number of rotatable bonds is 6. The van der Waals surface area contributed by atoms with Gasteiger partial charge in [-0.3, -0.25) is 4.79 Å². The molecule has 0 aromatic heterocycles. The maximum atomic E-state index is 13.0. The van der Waals surface area contributed by atoms with Crippen molar-refractivity contribution in [1.82, 2.24) is 9.21 Å². The number of benzene rings is 1. The van der Waals surface area contributed by atoms with Crippen LogP contribution >= 0.6 is 0 Å². The average molecular weight is 410 g/mol. The minimum Gasteiger partial charge on any atom is -0.481 e. The second-order valence-corrected chi connectivity index (χ2v) is 7.69. The zero-order chi connectivity index (χ0) is 20.7. The molecule has 0 spiro atoms. The molecular formula is C18H22N2O7S. The van der Waals surface area contributed by atoms with E-state index in [2.05, 4.69) is 11.8 Å². The molecule has 1 heterocycles. The van der Waals surface area contributed by atoms with Gasteiger partial charge < -0.3 is 19.5 Å². The summed E-state index contributed by atoms with van der Waals surface area (Å²) in [6, 6.07) is 4.49. The molecule has 1 fully saturated rings. The number of hydrogen-bond donors (Lipinski definition) is 1. The van der Waals surface area contributed by atoms with Gasteiger partial charge in [0.1, 0.15) is 18.4 Å². The van der Waals surface area contributed by atoms with Crippen LogP contribution in [-0.2, 0) is 19.6 Å². The van der Waals surface area contributed by atoms with E-state index >= 15 is 0 Å². The Labute approximate surface area is 163 Å².